The van der Waals surface area contributed by atoms with Crippen molar-refractivity contribution in [1.82, 2.24) is 9.97 Å². The van der Waals surface area contributed by atoms with Crippen LogP contribution in [-0.4, -0.2) is 9.97 Å². The van der Waals surface area contributed by atoms with Crippen LogP contribution in [0.15, 0.2) is 42.7 Å². The Morgan fingerprint density at radius 2 is 1.90 bits per heavy atom. The monoisotopic (exact) mass is 311 g/mol. The van der Waals surface area contributed by atoms with Crippen LogP contribution in [0.3, 0.4) is 0 Å². The van der Waals surface area contributed by atoms with E-state index in [-0.39, 0.29) is 5.69 Å². The van der Waals surface area contributed by atoms with Crippen LogP contribution in [0.25, 0.3) is 21.0 Å². The third-order valence-corrected chi connectivity index (χ3v) is 4.70. The molecule has 2 heterocycles. The second-order valence-corrected chi connectivity index (χ2v) is 5.88. The maximum Gasteiger partial charge on any atom is 0.159 e. The maximum absolute atomic E-state index is 8.95. The van der Waals surface area contributed by atoms with E-state index in [2.05, 4.69) is 9.97 Å². The van der Waals surface area contributed by atoms with E-state index in [1.165, 1.54) is 0 Å². The second kappa shape index (κ2) is 5.65. The lowest BCUT2D eigenvalue weighted by atomic mass is 10.1. The number of hydrogen-bond acceptors (Lipinski definition) is 4. The van der Waals surface area contributed by atoms with Crippen molar-refractivity contribution in [3.05, 3.63) is 59.0 Å². The van der Waals surface area contributed by atoms with Crippen molar-refractivity contribution < 1.29 is 0 Å². The SMILES string of the molecule is Cc1c(-c2cnc(-c3ccccc3)s2)cnc(C#N)c1Cl. The summed E-state index contributed by atoms with van der Waals surface area (Å²) < 4.78 is 0. The Morgan fingerprint density at radius 3 is 2.62 bits per heavy atom. The molecule has 0 amide bonds. The number of nitrogens with zero attached hydrogens (tertiary/aromatic N) is 3. The minimum absolute atomic E-state index is 0.255. The van der Waals surface area contributed by atoms with E-state index in [0.29, 0.717) is 5.02 Å². The average Bonchev–Trinajstić information content (AvgIpc) is 3.00. The van der Waals surface area contributed by atoms with Gasteiger partial charge in [-0.25, -0.2) is 9.97 Å². The number of halogens is 1. The highest BCUT2D eigenvalue weighted by Gasteiger charge is 2.13. The van der Waals surface area contributed by atoms with Crippen LogP contribution in [0.4, 0.5) is 0 Å². The maximum atomic E-state index is 8.95. The lowest BCUT2D eigenvalue weighted by molar-refractivity contribution is 1.24. The molecule has 3 aromatic rings. The van der Waals surface area contributed by atoms with Gasteiger partial charge in [-0.05, 0) is 12.5 Å². The second-order valence-electron chi connectivity index (χ2n) is 4.47. The Balaban J connectivity index is 2.06. The molecule has 3 rings (SSSR count). The van der Waals surface area contributed by atoms with Gasteiger partial charge >= 0.3 is 0 Å². The minimum atomic E-state index is 0.255. The number of nitriles is 1. The predicted octanol–water partition coefficient (Wildman–Crippen LogP) is 4.71. The van der Waals surface area contributed by atoms with Crippen molar-refractivity contribution in [2.75, 3.05) is 0 Å². The summed E-state index contributed by atoms with van der Waals surface area (Å²) in [4.78, 5) is 9.55. The van der Waals surface area contributed by atoms with Crippen LogP contribution in [0.1, 0.15) is 11.3 Å². The highest BCUT2D eigenvalue weighted by Crippen LogP contribution is 2.35. The Hall–Kier alpha value is -2.22. The zero-order valence-corrected chi connectivity index (χ0v) is 12.7. The van der Waals surface area contributed by atoms with E-state index in [4.69, 9.17) is 16.9 Å². The van der Waals surface area contributed by atoms with E-state index in [1.807, 2.05) is 49.5 Å². The highest BCUT2D eigenvalue weighted by molar-refractivity contribution is 7.18. The quantitative estimate of drug-likeness (QED) is 0.689. The van der Waals surface area contributed by atoms with E-state index < -0.39 is 0 Å². The van der Waals surface area contributed by atoms with Gasteiger partial charge in [-0.3, -0.25) is 0 Å². The molecular formula is C16H10ClN3S. The number of thiazole rings is 1. The molecule has 0 atom stereocenters. The number of hydrogen-bond donors (Lipinski definition) is 0. The Morgan fingerprint density at radius 1 is 1.14 bits per heavy atom. The van der Waals surface area contributed by atoms with Gasteiger partial charge in [0, 0.05) is 23.5 Å². The van der Waals surface area contributed by atoms with Crippen molar-refractivity contribution in [1.29, 1.82) is 5.26 Å². The molecule has 0 saturated carbocycles. The molecule has 0 aliphatic rings. The van der Waals surface area contributed by atoms with Gasteiger partial charge in [0.2, 0.25) is 0 Å². The molecule has 3 nitrogen and oxygen atoms in total. The summed E-state index contributed by atoms with van der Waals surface area (Å²) in [5.41, 5.74) is 3.11. The van der Waals surface area contributed by atoms with Crippen molar-refractivity contribution in [3.63, 3.8) is 0 Å². The largest absolute Gasteiger partial charge is 0.244 e. The van der Waals surface area contributed by atoms with Crippen LogP contribution in [0.2, 0.25) is 5.02 Å². The fourth-order valence-corrected chi connectivity index (χ4v) is 3.20. The molecule has 5 heteroatoms. The molecule has 21 heavy (non-hydrogen) atoms. The first-order chi connectivity index (χ1) is 10.2. The predicted molar refractivity (Wildman–Crippen MR) is 85.2 cm³/mol. The summed E-state index contributed by atoms with van der Waals surface area (Å²) in [5, 5.41) is 10.3. The van der Waals surface area contributed by atoms with Crippen molar-refractivity contribution in [2.45, 2.75) is 6.92 Å². The first kappa shape index (κ1) is 13.7. The topological polar surface area (TPSA) is 49.6 Å². The van der Waals surface area contributed by atoms with Gasteiger partial charge in [0.15, 0.2) is 5.69 Å². The molecule has 0 radical (unpaired) electrons. The van der Waals surface area contributed by atoms with Gasteiger partial charge in [-0.15, -0.1) is 11.3 Å². The Bertz CT molecular complexity index is 834. The highest BCUT2D eigenvalue weighted by atomic mass is 35.5. The fourth-order valence-electron chi connectivity index (χ4n) is 2.02. The molecular weight excluding hydrogens is 302 g/mol. The minimum Gasteiger partial charge on any atom is -0.244 e. The summed E-state index contributed by atoms with van der Waals surface area (Å²) in [5.74, 6) is 0. The van der Waals surface area contributed by atoms with E-state index in [1.54, 1.807) is 17.5 Å². The number of rotatable bonds is 2. The smallest absolute Gasteiger partial charge is 0.159 e. The van der Waals surface area contributed by atoms with E-state index in [9.17, 15) is 0 Å². The summed E-state index contributed by atoms with van der Waals surface area (Å²) >= 11 is 7.75. The van der Waals surface area contributed by atoms with E-state index >= 15 is 0 Å². The average molecular weight is 312 g/mol. The molecule has 0 aliphatic heterocycles. The van der Waals surface area contributed by atoms with Gasteiger partial charge in [-0.1, -0.05) is 41.9 Å². The summed E-state index contributed by atoms with van der Waals surface area (Å²) in [7, 11) is 0. The normalized spacial score (nSPS) is 10.3. The van der Waals surface area contributed by atoms with Gasteiger partial charge < -0.3 is 0 Å². The molecule has 0 unspecified atom stereocenters. The van der Waals surface area contributed by atoms with Crippen LogP contribution in [0, 0.1) is 18.3 Å². The number of benzene rings is 1. The third kappa shape index (κ3) is 2.54. The van der Waals surface area contributed by atoms with Crippen molar-refractivity contribution in [2.24, 2.45) is 0 Å². The third-order valence-electron chi connectivity index (χ3n) is 3.16. The molecule has 0 aliphatic carbocycles. The van der Waals surface area contributed by atoms with E-state index in [0.717, 1.165) is 26.6 Å². The molecule has 1 aromatic carbocycles. The molecule has 0 spiro atoms. The van der Waals surface area contributed by atoms with Crippen LogP contribution >= 0.6 is 22.9 Å². The fraction of sp³-hybridized carbons (Fsp3) is 0.0625. The molecule has 0 N–H and O–H groups in total. The first-order valence-corrected chi connectivity index (χ1v) is 7.47. The van der Waals surface area contributed by atoms with Crippen molar-refractivity contribution >= 4 is 22.9 Å². The molecule has 102 valence electrons. The Kier molecular flexibility index (Phi) is 3.70. The number of pyridine rings is 1. The van der Waals surface area contributed by atoms with Gasteiger partial charge in [-0.2, -0.15) is 5.26 Å². The summed E-state index contributed by atoms with van der Waals surface area (Å²) in [6.45, 7) is 1.89. The molecule has 0 bridgehead atoms. The molecule has 0 saturated heterocycles. The standard InChI is InChI=1S/C16H10ClN3S/c1-10-12(8-19-13(7-18)15(10)17)14-9-20-16(21-14)11-5-3-2-4-6-11/h2-6,8-9H,1H3. The number of aromatic nitrogens is 2. The summed E-state index contributed by atoms with van der Waals surface area (Å²) in [6, 6.07) is 12.0. The first-order valence-electron chi connectivity index (χ1n) is 6.27. The van der Waals surface area contributed by atoms with Crippen LogP contribution in [-0.2, 0) is 0 Å². The van der Waals surface area contributed by atoms with Crippen LogP contribution in [0.5, 0.6) is 0 Å². The van der Waals surface area contributed by atoms with Gasteiger partial charge in [0.1, 0.15) is 11.1 Å². The van der Waals surface area contributed by atoms with Gasteiger partial charge in [0.05, 0.1) is 9.90 Å². The van der Waals surface area contributed by atoms with Crippen LogP contribution < -0.4 is 0 Å². The zero-order chi connectivity index (χ0) is 14.8. The molecule has 2 aromatic heterocycles. The summed E-state index contributed by atoms with van der Waals surface area (Å²) in [6.07, 6.45) is 3.50. The van der Waals surface area contributed by atoms with Gasteiger partial charge in [0.25, 0.3) is 0 Å². The van der Waals surface area contributed by atoms with Crippen molar-refractivity contribution in [3.8, 4) is 27.1 Å². The zero-order valence-electron chi connectivity index (χ0n) is 11.2. The Labute approximate surface area is 131 Å². The lowest BCUT2D eigenvalue weighted by Gasteiger charge is -2.05. The molecule has 0 fully saturated rings. The lowest BCUT2D eigenvalue weighted by Crippen LogP contribution is -1.90.